The van der Waals surface area contributed by atoms with E-state index in [9.17, 15) is 14.9 Å². The molecule has 3 rings (SSSR count). The van der Waals surface area contributed by atoms with Crippen LogP contribution < -0.4 is 24.4 Å². The van der Waals surface area contributed by atoms with Crippen LogP contribution in [0.25, 0.3) is 0 Å². The van der Waals surface area contributed by atoms with Crippen molar-refractivity contribution in [3.63, 3.8) is 0 Å². The van der Waals surface area contributed by atoms with Crippen LogP contribution in [-0.2, 0) is 6.61 Å². The lowest BCUT2D eigenvalue weighted by atomic mass is 10.2. The fourth-order valence-electron chi connectivity index (χ4n) is 3.36. The lowest BCUT2D eigenvalue weighted by Crippen LogP contribution is -2.17. The SMILES string of the molecule is CCOc1ccc(C(=O)N/N=C/c2cc(I)c(OCc3ccc([N+](=O)[O-])cc3)c(OCC)c2)cc1OCC. The fraction of sp³-hybridized carbons (Fsp3) is 0.259. The molecule has 3 aromatic rings. The molecule has 0 saturated carbocycles. The van der Waals surface area contributed by atoms with Crippen LogP contribution in [0.3, 0.4) is 0 Å². The van der Waals surface area contributed by atoms with E-state index in [4.69, 9.17) is 18.9 Å². The predicted molar refractivity (Wildman–Crippen MR) is 152 cm³/mol. The molecule has 1 N–H and O–H groups in total. The van der Waals surface area contributed by atoms with Crippen molar-refractivity contribution in [1.29, 1.82) is 0 Å². The molecule has 200 valence electrons. The number of nitro benzene ring substituents is 1. The molecule has 0 unspecified atom stereocenters. The summed E-state index contributed by atoms with van der Waals surface area (Å²) in [5.41, 5.74) is 4.41. The highest BCUT2D eigenvalue weighted by Gasteiger charge is 2.14. The van der Waals surface area contributed by atoms with Gasteiger partial charge in [0, 0.05) is 17.7 Å². The number of halogens is 1. The zero-order valence-electron chi connectivity index (χ0n) is 21.2. The van der Waals surface area contributed by atoms with Crippen LogP contribution in [0.2, 0.25) is 0 Å². The summed E-state index contributed by atoms with van der Waals surface area (Å²) in [5.74, 6) is 1.73. The van der Waals surface area contributed by atoms with Gasteiger partial charge in [-0.25, -0.2) is 5.43 Å². The van der Waals surface area contributed by atoms with Crippen LogP contribution in [0.4, 0.5) is 5.69 Å². The molecule has 0 bridgehead atoms. The van der Waals surface area contributed by atoms with E-state index in [1.165, 1.54) is 18.3 Å². The van der Waals surface area contributed by atoms with Crippen molar-refractivity contribution in [2.24, 2.45) is 5.10 Å². The van der Waals surface area contributed by atoms with E-state index in [0.717, 1.165) is 9.13 Å². The Balaban J connectivity index is 1.70. The summed E-state index contributed by atoms with van der Waals surface area (Å²) in [7, 11) is 0. The second kappa shape index (κ2) is 14.2. The Kier molecular flexibility index (Phi) is 10.7. The minimum absolute atomic E-state index is 0.0197. The molecule has 38 heavy (non-hydrogen) atoms. The lowest BCUT2D eigenvalue weighted by Gasteiger charge is -2.14. The summed E-state index contributed by atoms with van der Waals surface area (Å²) >= 11 is 2.13. The third kappa shape index (κ3) is 7.81. The zero-order chi connectivity index (χ0) is 27.5. The number of carbonyl (C=O) groups is 1. The van der Waals surface area contributed by atoms with Crippen molar-refractivity contribution in [1.82, 2.24) is 5.43 Å². The molecule has 0 aromatic heterocycles. The number of nitrogens with one attached hydrogen (secondary N) is 1. The second-order valence-corrected chi connectivity index (χ2v) is 8.86. The van der Waals surface area contributed by atoms with Crippen molar-refractivity contribution >= 4 is 40.4 Å². The number of hydrogen-bond acceptors (Lipinski definition) is 8. The third-order valence-corrected chi connectivity index (χ3v) is 5.85. The maximum Gasteiger partial charge on any atom is 0.271 e. The maximum absolute atomic E-state index is 12.6. The first-order chi connectivity index (χ1) is 18.4. The molecule has 0 radical (unpaired) electrons. The molecule has 0 aliphatic heterocycles. The molecule has 0 spiro atoms. The highest BCUT2D eigenvalue weighted by molar-refractivity contribution is 14.1. The van der Waals surface area contributed by atoms with Gasteiger partial charge in [-0.05, 0) is 97.0 Å². The van der Waals surface area contributed by atoms with Gasteiger partial charge in [-0.15, -0.1) is 0 Å². The van der Waals surface area contributed by atoms with Crippen LogP contribution in [0.5, 0.6) is 23.0 Å². The van der Waals surface area contributed by atoms with Gasteiger partial charge in [-0.3, -0.25) is 14.9 Å². The molecule has 0 fully saturated rings. The van der Waals surface area contributed by atoms with E-state index in [0.29, 0.717) is 53.9 Å². The standard InChI is InChI=1S/C27H28IN3O7/c1-4-35-23-12-9-20(15-24(23)36-5-2)27(32)30-29-16-19-13-22(28)26(25(14-19)37-6-3)38-17-18-7-10-21(11-8-18)31(33)34/h7-16H,4-6,17H2,1-3H3,(H,30,32)/b29-16+. The van der Waals surface area contributed by atoms with Crippen LogP contribution in [-0.4, -0.2) is 36.9 Å². The summed E-state index contributed by atoms with van der Waals surface area (Å²) in [6.07, 6.45) is 1.51. The summed E-state index contributed by atoms with van der Waals surface area (Å²) < 4.78 is 23.6. The Morgan fingerprint density at radius 3 is 2.24 bits per heavy atom. The number of carbonyl (C=O) groups excluding carboxylic acids is 1. The average Bonchev–Trinajstić information content (AvgIpc) is 2.90. The van der Waals surface area contributed by atoms with Crippen LogP contribution in [0.15, 0.2) is 59.7 Å². The minimum Gasteiger partial charge on any atom is -0.490 e. The molecule has 11 heteroatoms. The van der Waals surface area contributed by atoms with Crippen molar-refractivity contribution in [3.8, 4) is 23.0 Å². The van der Waals surface area contributed by atoms with Crippen molar-refractivity contribution in [2.45, 2.75) is 27.4 Å². The van der Waals surface area contributed by atoms with Gasteiger partial charge in [0.25, 0.3) is 11.6 Å². The highest BCUT2D eigenvalue weighted by atomic mass is 127. The molecule has 0 atom stereocenters. The molecule has 0 aliphatic carbocycles. The molecule has 1 amide bonds. The number of ether oxygens (including phenoxy) is 4. The predicted octanol–water partition coefficient (Wildman–Crippen LogP) is 5.74. The van der Waals surface area contributed by atoms with Gasteiger partial charge in [0.2, 0.25) is 0 Å². The van der Waals surface area contributed by atoms with Crippen molar-refractivity contribution in [2.75, 3.05) is 19.8 Å². The van der Waals surface area contributed by atoms with Crippen molar-refractivity contribution in [3.05, 3.63) is 85.0 Å². The molecular weight excluding hydrogens is 605 g/mol. The quantitative estimate of drug-likeness (QED) is 0.110. The van der Waals surface area contributed by atoms with Crippen LogP contribution in [0, 0.1) is 13.7 Å². The Hall–Kier alpha value is -3.87. The monoisotopic (exact) mass is 633 g/mol. The molecule has 3 aromatic carbocycles. The lowest BCUT2D eigenvalue weighted by molar-refractivity contribution is -0.384. The highest BCUT2D eigenvalue weighted by Crippen LogP contribution is 2.34. The number of hydrazone groups is 1. The Morgan fingerprint density at radius 1 is 0.921 bits per heavy atom. The minimum atomic E-state index is -0.445. The average molecular weight is 633 g/mol. The van der Waals surface area contributed by atoms with E-state index < -0.39 is 10.8 Å². The number of benzene rings is 3. The Labute approximate surface area is 234 Å². The Morgan fingerprint density at radius 2 is 1.58 bits per heavy atom. The van der Waals surface area contributed by atoms with E-state index in [1.54, 1.807) is 36.4 Å². The van der Waals surface area contributed by atoms with Gasteiger partial charge in [-0.1, -0.05) is 0 Å². The maximum atomic E-state index is 12.6. The number of amides is 1. The number of hydrogen-bond donors (Lipinski definition) is 1. The number of non-ortho nitro benzene ring substituents is 1. The van der Waals surface area contributed by atoms with E-state index in [-0.39, 0.29) is 12.3 Å². The first kappa shape index (κ1) is 28.7. The molecule has 0 heterocycles. The molecule has 0 aliphatic rings. The van der Waals surface area contributed by atoms with Crippen LogP contribution >= 0.6 is 22.6 Å². The zero-order valence-corrected chi connectivity index (χ0v) is 23.4. The summed E-state index contributed by atoms with van der Waals surface area (Å²) in [6, 6.07) is 14.7. The van der Waals surface area contributed by atoms with Gasteiger partial charge in [-0.2, -0.15) is 5.10 Å². The second-order valence-electron chi connectivity index (χ2n) is 7.70. The van der Waals surface area contributed by atoms with Gasteiger partial charge in [0.05, 0.1) is 34.5 Å². The molecule has 10 nitrogen and oxygen atoms in total. The number of nitrogens with zero attached hydrogens (tertiary/aromatic N) is 2. The first-order valence-electron chi connectivity index (χ1n) is 11.9. The summed E-state index contributed by atoms with van der Waals surface area (Å²) in [4.78, 5) is 23.0. The summed E-state index contributed by atoms with van der Waals surface area (Å²) in [5, 5.41) is 14.9. The van der Waals surface area contributed by atoms with Crippen molar-refractivity contribution < 1.29 is 28.7 Å². The first-order valence-corrected chi connectivity index (χ1v) is 13.0. The topological polar surface area (TPSA) is 122 Å². The fourth-order valence-corrected chi connectivity index (χ4v) is 4.14. The number of nitro groups is 1. The van der Waals surface area contributed by atoms with E-state index in [2.05, 4.69) is 33.1 Å². The third-order valence-electron chi connectivity index (χ3n) is 5.05. The smallest absolute Gasteiger partial charge is 0.271 e. The molecular formula is C27H28IN3O7. The van der Waals surface area contributed by atoms with Gasteiger partial charge >= 0.3 is 0 Å². The Bertz CT molecular complexity index is 1300. The van der Waals surface area contributed by atoms with E-state index >= 15 is 0 Å². The van der Waals surface area contributed by atoms with E-state index in [1.807, 2.05) is 26.8 Å². The van der Waals surface area contributed by atoms with Gasteiger partial charge in [0.15, 0.2) is 23.0 Å². The number of rotatable bonds is 13. The van der Waals surface area contributed by atoms with Gasteiger partial charge < -0.3 is 18.9 Å². The normalized spacial score (nSPS) is 10.7. The van der Waals surface area contributed by atoms with Crippen LogP contribution in [0.1, 0.15) is 42.3 Å². The summed E-state index contributed by atoms with van der Waals surface area (Å²) in [6.45, 7) is 7.15. The molecule has 0 saturated heterocycles. The largest absolute Gasteiger partial charge is 0.490 e. The van der Waals surface area contributed by atoms with Gasteiger partial charge in [0.1, 0.15) is 6.61 Å².